The van der Waals surface area contributed by atoms with Crippen molar-refractivity contribution in [2.45, 2.75) is 39.0 Å². The predicted molar refractivity (Wildman–Crippen MR) is 78.5 cm³/mol. The molecule has 0 fully saturated rings. The van der Waals surface area contributed by atoms with E-state index in [1.807, 2.05) is 6.07 Å². The summed E-state index contributed by atoms with van der Waals surface area (Å²) in [6.45, 7) is 2.20. The van der Waals surface area contributed by atoms with Crippen LogP contribution in [0.1, 0.15) is 37.3 Å². The van der Waals surface area contributed by atoms with E-state index in [-0.39, 0.29) is 6.42 Å². The fourth-order valence-corrected chi connectivity index (χ4v) is 2.47. The van der Waals surface area contributed by atoms with Crippen LogP contribution < -0.4 is 0 Å². The van der Waals surface area contributed by atoms with Crippen LogP contribution in [0.25, 0.3) is 10.8 Å². The van der Waals surface area contributed by atoms with Crippen molar-refractivity contribution in [3.05, 3.63) is 47.5 Å². The van der Waals surface area contributed by atoms with Crippen molar-refractivity contribution in [2.24, 2.45) is 0 Å². The van der Waals surface area contributed by atoms with Crippen LogP contribution in [0, 0.1) is 0 Å². The second-order valence-electron chi connectivity index (χ2n) is 4.93. The molecule has 0 unspecified atom stereocenters. The van der Waals surface area contributed by atoms with Gasteiger partial charge in [-0.25, -0.2) is 0 Å². The molecule has 0 aliphatic carbocycles. The molecule has 0 aliphatic heterocycles. The minimum Gasteiger partial charge on any atom is -0.481 e. The predicted octanol–water partition coefficient (Wildman–Crippen LogP) is 4.20. The van der Waals surface area contributed by atoms with Gasteiger partial charge in [0.2, 0.25) is 0 Å². The average molecular weight is 256 g/mol. The fourth-order valence-electron chi connectivity index (χ4n) is 2.47. The summed E-state index contributed by atoms with van der Waals surface area (Å²) in [5, 5.41) is 11.3. The van der Waals surface area contributed by atoms with Crippen molar-refractivity contribution in [2.75, 3.05) is 0 Å². The SMILES string of the molecule is CCCCc1ccc(CCC(=O)O)c2ccccc12. The summed E-state index contributed by atoms with van der Waals surface area (Å²) >= 11 is 0. The molecule has 0 heterocycles. The van der Waals surface area contributed by atoms with Crippen molar-refractivity contribution in [1.82, 2.24) is 0 Å². The summed E-state index contributed by atoms with van der Waals surface area (Å²) in [7, 11) is 0. The largest absolute Gasteiger partial charge is 0.481 e. The van der Waals surface area contributed by atoms with Gasteiger partial charge in [0.15, 0.2) is 0 Å². The van der Waals surface area contributed by atoms with Crippen molar-refractivity contribution >= 4 is 16.7 Å². The Labute approximate surface area is 114 Å². The number of carboxylic acid groups (broad SMARTS) is 1. The van der Waals surface area contributed by atoms with Crippen LogP contribution >= 0.6 is 0 Å². The molecule has 2 aromatic rings. The minimum absolute atomic E-state index is 0.193. The molecule has 0 spiro atoms. The van der Waals surface area contributed by atoms with E-state index < -0.39 is 5.97 Å². The highest BCUT2D eigenvalue weighted by Gasteiger charge is 2.07. The first kappa shape index (κ1) is 13.6. The van der Waals surface area contributed by atoms with Gasteiger partial charge in [0.25, 0.3) is 0 Å². The molecule has 0 radical (unpaired) electrons. The minimum atomic E-state index is -0.737. The number of rotatable bonds is 6. The molecule has 0 amide bonds. The number of carboxylic acids is 1. The van der Waals surface area contributed by atoms with Gasteiger partial charge in [0, 0.05) is 6.42 Å². The monoisotopic (exact) mass is 256 g/mol. The first-order valence-electron chi connectivity index (χ1n) is 6.93. The van der Waals surface area contributed by atoms with Crippen molar-refractivity contribution < 1.29 is 9.90 Å². The molecule has 2 aromatic carbocycles. The maximum Gasteiger partial charge on any atom is 0.303 e. The van der Waals surface area contributed by atoms with Crippen LogP contribution in [0.3, 0.4) is 0 Å². The summed E-state index contributed by atoms with van der Waals surface area (Å²) in [4.78, 5) is 10.7. The Morgan fingerprint density at radius 1 is 1.00 bits per heavy atom. The quantitative estimate of drug-likeness (QED) is 0.841. The van der Waals surface area contributed by atoms with E-state index in [2.05, 4.69) is 37.3 Å². The molecule has 100 valence electrons. The first-order valence-corrected chi connectivity index (χ1v) is 6.93. The molecule has 0 aliphatic rings. The molecular formula is C17H20O2. The van der Waals surface area contributed by atoms with Crippen LogP contribution in [0.2, 0.25) is 0 Å². The van der Waals surface area contributed by atoms with E-state index in [9.17, 15) is 4.79 Å². The highest BCUT2D eigenvalue weighted by atomic mass is 16.4. The van der Waals surface area contributed by atoms with Crippen LogP contribution in [0.15, 0.2) is 36.4 Å². The molecule has 2 nitrogen and oxygen atoms in total. The third-order valence-electron chi connectivity index (χ3n) is 3.51. The van der Waals surface area contributed by atoms with E-state index in [1.54, 1.807) is 0 Å². The topological polar surface area (TPSA) is 37.3 Å². The fraction of sp³-hybridized carbons (Fsp3) is 0.353. The lowest BCUT2D eigenvalue weighted by molar-refractivity contribution is -0.136. The number of fused-ring (bicyclic) bond motifs is 1. The van der Waals surface area contributed by atoms with E-state index in [0.29, 0.717) is 6.42 Å². The molecule has 19 heavy (non-hydrogen) atoms. The normalized spacial score (nSPS) is 10.8. The van der Waals surface area contributed by atoms with Crippen LogP contribution in [0.4, 0.5) is 0 Å². The maximum atomic E-state index is 10.7. The zero-order chi connectivity index (χ0) is 13.7. The average Bonchev–Trinajstić information content (AvgIpc) is 2.43. The highest BCUT2D eigenvalue weighted by Crippen LogP contribution is 2.25. The Morgan fingerprint density at radius 3 is 2.11 bits per heavy atom. The Hall–Kier alpha value is -1.83. The van der Waals surface area contributed by atoms with Crippen molar-refractivity contribution in [3.8, 4) is 0 Å². The molecule has 2 heteroatoms. The van der Waals surface area contributed by atoms with Crippen LogP contribution in [-0.2, 0) is 17.6 Å². The Balaban J connectivity index is 2.37. The molecule has 0 bridgehead atoms. The van der Waals surface area contributed by atoms with E-state index in [4.69, 9.17) is 5.11 Å². The lowest BCUT2D eigenvalue weighted by Gasteiger charge is -2.10. The third-order valence-corrected chi connectivity index (χ3v) is 3.51. The summed E-state index contributed by atoms with van der Waals surface area (Å²) in [5.74, 6) is -0.737. The van der Waals surface area contributed by atoms with Gasteiger partial charge in [0.1, 0.15) is 0 Å². The number of hydrogen-bond donors (Lipinski definition) is 1. The lowest BCUT2D eigenvalue weighted by atomic mass is 9.94. The Bertz CT molecular complexity index is 572. The second-order valence-corrected chi connectivity index (χ2v) is 4.93. The number of benzene rings is 2. The number of unbranched alkanes of at least 4 members (excludes halogenated alkanes) is 1. The number of hydrogen-bond acceptors (Lipinski definition) is 1. The van der Waals surface area contributed by atoms with Gasteiger partial charge >= 0.3 is 5.97 Å². The number of aliphatic carboxylic acids is 1. The van der Waals surface area contributed by atoms with Gasteiger partial charge in [-0.3, -0.25) is 4.79 Å². The van der Waals surface area contributed by atoms with Crippen molar-refractivity contribution in [3.63, 3.8) is 0 Å². The highest BCUT2D eigenvalue weighted by molar-refractivity contribution is 5.89. The smallest absolute Gasteiger partial charge is 0.303 e. The van der Waals surface area contributed by atoms with Gasteiger partial charge in [-0.1, -0.05) is 49.7 Å². The zero-order valence-corrected chi connectivity index (χ0v) is 11.4. The van der Waals surface area contributed by atoms with E-state index >= 15 is 0 Å². The standard InChI is InChI=1S/C17H20O2/c1-2-3-6-13-9-10-14(11-12-17(18)19)16-8-5-4-7-15(13)16/h4-5,7-10H,2-3,6,11-12H2,1H3,(H,18,19). The molecule has 1 N–H and O–H groups in total. The molecular weight excluding hydrogens is 236 g/mol. The maximum absolute atomic E-state index is 10.7. The van der Waals surface area contributed by atoms with Gasteiger partial charge < -0.3 is 5.11 Å². The molecule has 0 aromatic heterocycles. The number of carbonyl (C=O) groups is 1. The van der Waals surface area contributed by atoms with Crippen LogP contribution in [0.5, 0.6) is 0 Å². The number of aryl methyl sites for hydroxylation is 2. The second kappa shape index (κ2) is 6.37. The molecule has 0 saturated heterocycles. The summed E-state index contributed by atoms with van der Waals surface area (Å²) in [5.41, 5.74) is 2.51. The first-order chi connectivity index (χ1) is 9.22. The van der Waals surface area contributed by atoms with E-state index in [1.165, 1.54) is 29.2 Å². The van der Waals surface area contributed by atoms with E-state index in [0.717, 1.165) is 12.0 Å². The summed E-state index contributed by atoms with van der Waals surface area (Å²) < 4.78 is 0. The van der Waals surface area contributed by atoms with Crippen molar-refractivity contribution in [1.29, 1.82) is 0 Å². The Kier molecular flexibility index (Phi) is 4.56. The Morgan fingerprint density at radius 2 is 1.58 bits per heavy atom. The third kappa shape index (κ3) is 3.34. The summed E-state index contributed by atoms with van der Waals surface area (Å²) in [6.07, 6.45) is 4.27. The molecule has 0 saturated carbocycles. The molecule has 2 rings (SSSR count). The van der Waals surface area contributed by atoms with Gasteiger partial charge in [-0.2, -0.15) is 0 Å². The molecule has 0 atom stereocenters. The lowest BCUT2D eigenvalue weighted by Crippen LogP contribution is -1.99. The van der Waals surface area contributed by atoms with Crippen LogP contribution in [-0.4, -0.2) is 11.1 Å². The van der Waals surface area contributed by atoms with Gasteiger partial charge in [-0.15, -0.1) is 0 Å². The van der Waals surface area contributed by atoms with Gasteiger partial charge in [-0.05, 0) is 41.2 Å². The summed E-state index contributed by atoms with van der Waals surface area (Å²) in [6, 6.07) is 12.6. The zero-order valence-electron chi connectivity index (χ0n) is 11.4. The van der Waals surface area contributed by atoms with Gasteiger partial charge in [0.05, 0.1) is 0 Å².